The van der Waals surface area contributed by atoms with Crippen molar-refractivity contribution in [3.8, 4) is 0 Å². The Morgan fingerprint density at radius 3 is 2.11 bits per heavy atom. The smallest absolute Gasteiger partial charge is 0.193 e. The van der Waals surface area contributed by atoms with Crippen molar-refractivity contribution in [1.29, 1.82) is 0 Å². The molecule has 0 N–H and O–H groups in total. The van der Waals surface area contributed by atoms with E-state index in [9.17, 15) is 9.18 Å². The number of carbonyl (C=O) groups is 1. The molecule has 0 aromatic heterocycles. The quantitative estimate of drug-likeness (QED) is 0.732. The van der Waals surface area contributed by atoms with E-state index in [1.807, 2.05) is 32.9 Å². The van der Waals surface area contributed by atoms with E-state index in [4.69, 9.17) is 0 Å². The lowest BCUT2D eigenvalue weighted by Crippen LogP contribution is -2.05. The molecule has 0 aliphatic rings. The highest BCUT2D eigenvalue weighted by molar-refractivity contribution is 6.10. The largest absolute Gasteiger partial charge is 0.289 e. The van der Waals surface area contributed by atoms with Gasteiger partial charge in [0.05, 0.1) is 0 Å². The molecule has 1 nitrogen and oxygen atoms in total. The second-order valence-electron chi connectivity index (χ2n) is 5.04. The lowest BCUT2D eigenvalue weighted by molar-refractivity contribution is 0.103. The van der Waals surface area contributed by atoms with Gasteiger partial charge < -0.3 is 0 Å². The summed E-state index contributed by atoms with van der Waals surface area (Å²) in [5.41, 5.74) is 4.74. The van der Waals surface area contributed by atoms with Crippen molar-refractivity contribution in [3.63, 3.8) is 0 Å². The lowest BCUT2D eigenvalue weighted by Gasteiger charge is -2.09. The Morgan fingerprint density at radius 2 is 1.47 bits per heavy atom. The van der Waals surface area contributed by atoms with Crippen LogP contribution in [-0.2, 0) is 0 Å². The summed E-state index contributed by atoms with van der Waals surface area (Å²) in [6.07, 6.45) is 0. The Morgan fingerprint density at radius 1 is 0.842 bits per heavy atom. The van der Waals surface area contributed by atoms with Crippen molar-refractivity contribution in [1.82, 2.24) is 0 Å². The summed E-state index contributed by atoms with van der Waals surface area (Å²) >= 11 is 0. The molecule has 0 atom stereocenters. The van der Waals surface area contributed by atoms with Gasteiger partial charge in [0.2, 0.25) is 0 Å². The van der Waals surface area contributed by atoms with Crippen LogP contribution in [0.5, 0.6) is 0 Å². The fourth-order valence-electron chi connectivity index (χ4n) is 2.09. The first-order chi connectivity index (χ1) is 8.90. The number of aryl methyl sites for hydroxylation is 4. The van der Waals surface area contributed by atoms with E-state index in [0.717, 1.165) is 16.7 Å². The number of ketones is 1. The van der Waals surface area contributed by atoms with Gasteiger partial charge in [0, 0.05) is 11.1 Å². The van der Waals surface area contributed by atoms with Gasteiger partial charge in [0.15, 0.2) is 5.78 Å². The molecular formula is C17H17FO. The van der Waals surface area contributed by atoms with Crippen molar-refractivity contribution >= 4 is 5.78 Å². The van der Waals surface area contributed by atoms with Gasteiger partial charge in [-0.05, 0) is 62.1 Å². The molecule has 2 heteroatoms. The third-order valence-electron chi connectivity index (χ3n) is 3.52. The average molecular weight is 256 g/mol. The van der Waals surface area contributed by atoms with E-state index >= 15 is 0 Å². The highest BCUT2D eigenvalue weighted by atomic mass is 19.1. The minimum absolute atomic E-state index is 0.125. The van der Waals surface area contributed by atoms with Crippen LogP contribution in [0, 0.1) is 33.5 Å². The van der Waals surface area contributed by atoms with E-state index in [1.165, 1.54) is 6.07 Å². The summed E-state index contributed by atoms with van der Waals surface area (Å²) in [4.78, 5) is 12.4. The first-order valence-electron chi connectivity index (χ1n) is 6.29. The molecule has 19 heavy (non-hydrogen) atoms. The molecule has 98 valence electrons. The summed E-state index contributed by atoms with van der Waals surface area (Å²) in [5.74, 6) is -0.466. The first-order valence-corrected chi connectivity index (χ1v) is 6.29. The number of halogens is 1. The van der Waals surface area contributed by atoms with E-state index < -0.39 is 0 Å². The molecule has 0 aliphatic carbocycles. The Kier molecular flexibility index (Phi) is 3.52. The molecule has 2 aromatic carbocycles. The van der Waals surface area contributed by atoms with Gasteiger partial charge in [-0.25, -0.2) is 4.39 Å². The zero-order valence-corrected chi connectivity index (χ0v) is 11.7. The van der Waals surface area contributed by atoms with Gasteiger partial charge in [-0.15, -0.1) is 0 Å². The van der Waals surface area contributed by atoms with Gasteiger partial charge in [0.1, 0.15) is 5.82 Å². The average Bonchev–Trinajstić information content (AvgIpc) is 2.36. The van der Waals surface area contributed by atoms with Gasteiger partial charge in [-0.3, -0.25) is 4.79 Å². The van der Waals surface area contributed by atoms with E-state index in [2.05, 4.69) is 0 Å². The molecule has 2 rings (SSSR count). The highest BCUT2D eigenvalue weighted by Crippen LogP contribution is 2.20. The Bertz CT molecular complexity index is 657. The van der Waals surface area contributed by atoms with Crippen LogP contribution in [0.4, 0.5) is 4.39 Å². The molecule has 0 saturated carbocycles. The van der Waals surface area contributed by atoms with Crippen LogP contribution in [0.2, 0.25) is 0 Å². The Labute approximate surface area is 113 Å². The molecular weight excluding hydrogens is 239 g/mol. The molecule has 0 spiro atoms. The second-order valence-corrected chi connectivity index (χ2v) is 5.04. The van der Waals surface area contributed by atoms with E-state index in [0.29, 0.717) is 16.7 Å². The molecule has 0 heterocycles. The summed E-state index contributed by atoms with van der Waals surface area (Å²) in [6, 6.07) is 8.50. The number of hydrogen-bond donors (Lipinski definition) is 0. The van der Waals surface area contributed by atoms with Crippen LogP contribution in [0.15, 0.2) is 30.3 Å². The van der Waals surface area contributed by atoms with Crippen molar-refractivity contribution in [2.24, 2.45) is 0 Å². The monoisotopic (exact) mass is 256 g/mol. The predicted molar refractivity (Wildman–Crippen MR) is 75.2 cm³/mol. The molecule has 0 aliphatic heterocycles. The van der Waals surface area contributed by atoms with Crippen molar-refractivity contribution < 1.29 is 9.18 Å². The summed E-state index contributed by atoms with van der Waals surface area (Å²) in [5, 5.41) is 0. The third-order valence-corrected chi connectivity index (χ3v) is 3.52. The van der Waals surface area contributed by atoms with Gasteiger partial charge in [-0.2, -0.15) is 0 Å². The Hall–Kier alpha value is -1.96. The molecule has 0 unspecified atom stereocenters. The predicted octanol–water partition coefficient (Wildman–Crippen LogP) is 4.29. The summed E-state index contributed by atoms with van der Waals surface area (Å²) in [7, 11) is 0. The zero-order valence-electron chi connectivity index (χ0n) is 11.7. The van der Waals surface area contributed by atoms with Crippen LogP contribution < -0.4 is 0 Å². The molecule has 0 saturated heterocycles. The number of hydrogen-bond acceptors (Lipinski definition) is 1. The first kappa shape index (κ1) is 13.5. The van der Waals surface area contributed by atoms with E-state index in [1.54, 1.807) is 19.1 Å². The van der Waals surface area contributed by atoms with Crippen LogP contribution >= 0.6 is 0 Å². The van der Waals surface area contributed by atoms with Crippen LogP contribution in [0.3, 0.4) is 0 Å². The number of rotatable bonds is 2. The maximum Gasteiger partial charge on any atom is 0.193 e. The van der Waals surface area contributed by atoms with Gasteiger partial charge in [0.25, 0.3) is 0 Å². The molecule has 2 aromatic rings. The van der Waals surface area contributed by atoms with Gasteiger partial charge in [-0.1, -0.05) is 18.2 Å². The molecule has 0 amide bonds. The van der Waals surface area contributed by atoms with Crippen LogP contribution in [-0.4, -0.2) is 5.78 Å². The molecule has 0 fully saturated rings. The normalized spacial score (nSPS) is 10.6. The standard InChI is InChI=1S/C17H17FO/c1-10-5-6-14(9-16(10)18)17(19)15-8-12(3)11(2)7-13(15)4/h5-9H,1-4H3. The highest BCUT2D eigenvalue weighted by Gasteiger charge is 2.14. The maximum absolute atomic E-state index is 13.5. The van der Waals surface area contributed by atoms with Crippen LogP contribution in [0.1, 0.15) is 38.2 Å². The number of carbonyl (C=O) groups excluding carboxylic acids is 1. The van der Waals surface area contributed by atoms with Crippen LogP contribution in [0.25, 0.3) is 0 Å². The fraction of sp³-hybridized carbons (Fsp3) is 0.235. The second kappa shape index (κ2) is 4.96. The maximum atomic E-state index is 13.5. The van der Waals surface area contributed by atoms with Gasteiger partial charge >= 0.3 is 0 Å². The third kappa shape index (κ3) is 2.58. The van der Waals surface area contributed by atoms with Crippen molar-refractivity contribution in [2.45, 2.75) is 27.7 Å². The number of benzene rings is 2. The lowest BCUT2D eigenvalue weighted by atomic mass is 9.94. The van der Waals surface area contributed by atoms with Crippen molar-refractivity contribution in [2.75, 3.05) is 0 Å². The van der Waals surface area contributed by atoms with E-state index in [-0.39, 0.29) is 11.6 Å². The summed E-state index contributed by atoms with van der Waals surface area (Å²) < 4.78 is 13.5. The Balaban J connectivity index is 2.49. The molecule has 0 radical (unpaired) electrons. The minimum atomic E-state index is -0.340. The minimum Gasteiger partial charge on any atom is -0.289 e. The fourth-order valence-corrected chi connectivity index (χ4v) is 2.09. The zero-order chi connectivity index (χ0) is 14.2. The molecule has 0 bridgehead atoms. The SMILES string of the molecule is Cc1cc(C)c(C(=O)c2ccc(C)c(F)c2)cc1C. The summed E-state index contributed by atoms with van der Waals surface area (Å²) in [6.45, 7) is 7.58. The topological polar surface area (TPSA) is 17.1 Å². The van der Waals surface area contributed by atoms with Crippen molar-refractivity contribution in [3.05, 3.63) is 69.5 Å².